The Bertz CT molecular complexity index is 702. The molecule has 1 heterocycles. The Kier molecular flexibility index (Phi) is 3.95. The van der Waals surface area contributed by atoms with Crippen molar-refractivity contribution in [3.8, 4) is 17.9 Å². The number of nitrogens with zero attached hydrogens (tertiary/aromatic N) is 3. The third-order valence-electron chi connectivity index (χ3n) is 3.29. The molecule has 0 saturated heterocycles. The van der Waals surface area contributed by atoms with E-state index >= 15 is 0 Å². The fourth-order valence-corrected chi connectivity index (χ4v) is 2.11. The Hall–Kier alpha value is -2.79. The number of aryl methyl sites for hydroxylation is 1. The highest BCUT2D eigenvalue weighted by atomic mass is 16.5. The smallest absolute Gasteiger partial charge is 0.174 e. The number of nitriles is 2. The molecule has 1 aliphatic rings. The van der Waals surface area contributed by atoms with Gasteiger partial charge in [-0.2, -0.15) is 10.5 Å². The lowest BCUT2D eigenvalue weighted by molar-refractivity contribution is 0.0847. The van der Waals surface area contributed by atoms with Gasteiger partial charge in [-0.25, -0.2) is 4.99 Å². The summed E-state index contributed by atoms with van der Waals surface area (Å²) in [5.74, 6) is 0.885. The van der Waals surface area contributed by atoms with Crippen LogP contribution < -0.4 is 10.5 Å². The highest BCUT2D eigenvalue weighted by Gasteiger charge is 2.26. The number of hydrogen-bond donors (Lipinski definition) is 1. The van der Waals surface area contributed by atoms with Crippen molar-refractivity contribution < 1.29 is 4.74 Å². The van der Waals surface area contributed by atoms with E-state index in [9.17, 15) is 0 Å². The molecule has 21 heavy (non-hydrogen) atoms. The molecule has 1 aliphatic heterocycles. The van der Waals surface area contributed by atoms with Crippen molar-refractivity contribution in [2.75, 3.05) is 0 Å². The number of benzene rings is 1. The lowest BCUT2D eigenvalue weighted by Crippen LogP contribution is -2.32. The zero-order valence-electron chi connectivity index (χ0n) is 12.1. The zero-order chi connectivity index (χ0) is 15.5. The molecule has 5 nitrogen and oxygen atoms in total. The van der Waals surface area contributed by atoms with Crippen LogP contribution in [0.25, 0.3) is 0 Å². The van der Waals surface area contributed by atoms with Crippen molar-refractivity contribution in [3.05, 3.63) is 40.7 Å². The Morgan fingerprint density at radius 3 is 2.81 bits per heavy atom. The van der Waals surface area contributed by atoms with Gasteiger partial charge in [-0.3, -0.25) is 0 Å². The zero-order valence-corrected chi connectivity index (χ0v) is 12.1. The summed E-state index contributed by atoms with van der Waals surface area (Å²) in [7, 11) is 0. The second-order valence-corrected chi connectivity index (χ2v) is 5.47. The number of hydrogen-bond acceptors (Lipinski definition) is 5. The molecule has 0 bridgehead atoms. The van der Waals surface area contributed by atoms with Crippen LogP contribution in [-0.4, -0.2) is 11.8 Å². The normalized spacial score (nSPS) is 17.1. The summed E-state index contributed by atoms with van der Waals surface area (Å²) in [5, 5.41) is 17.5. The number of allylic oxidation sites excluding steroid dienone is 2. The van der Waals surface area contributed by atoms with Crippen LogP contribution in [0.15, 0.2) is 34.6 Å². The van der Waals surface area contributed by atoms with Crippen molar-refractivity contribution in [2.24, 2.45) is 10.7 Å². The Morgan fingerprint density at radius 1 is 1.38 bits per heavy atom. The minimum absolute atomic E-state index is 0.0763. The minimum Gasteiger partial charge on any atom is -0.488 e. The van der Waals surface area contributed by atoms with Crippen molar-refractivity contribution >= 4 is 6.21 Å². The molecule has 2 N–H and O–H groups in total. The first-order valence-corrected chi connectivity index (χ1v) is 6.61. The molecule has 0 spiro atoms. The molecular formula is C16H16N4O. The number of ether oxygens (including phenoxy) is 1. The predicted molar refractivity (Wildman–Crippen MR) is 79.5 cm³/mol. The van der Waals surface area contributed by atoms with Gasteiger partial charge in [0.25, 0.3) is 0 Å². The second kappa shape index (κ2) is 5.68. The van der Waals surface area contributed by atoms with E-state index in [2.05, 4.69) is 18.8 Å². The van der Waals surface area contributed by atoms with Crippen LogP contribution >= 0.6 is 0 Å². The molecule has 106 valence electrons. The second-order valence-electron chi connectivity index (χ2n) is 5.47. The van der Waals surface area contributed by atoms with Gasteiger partial charge in [0, 0.05) is 6.21 Å². The molecule has 5 heteroatoms. The summed E-state index contributed by atoms with van der Waals surface area (Å²) < 4.78 is 5.91. The molecule has 0 radical (unpaired) electrons. The van der Waals surface area contributed by atoms with Gasteiger partial charge in [-0.15, -0.1) is 0 Å². The minimum atomic E-state index is -0.184. The number of fused-ring (bicyclic) bond motifs is 1. The van der Waals surface area contributed by atoms with Crippen LogP contribution in [-0.2, 0) is 6.42 Å². The average Bonchev–Trinajstić information content (AvgIpc) is 2.46. The van der Waals surface area contributed by atoms with Gasteiger partial charge in [0.05, 0.1) is 0 Å². The molecule has 0 aliphatic carbocycles. The standard InChI is InChI=1S/C16H16N4O/c1-16(2)6-5-12-7-11(3-4-15(12)21-16)10-20-14(9-18)13(19)8-17/h3-4,7,10H,5-6,19H2,1-2H3/b14-13-,20-10?. The molecular weight excluding hydrogens is 264 g/mol. The summed E-state index contributed by atoms with van der Waals surface area (Å²) in [6.45, 7) is 4.14. The van der Waals surface area contributed by atoms with E-state index in [0.717, 1.165) is 29.7 Å². The average molecular weight is 280 g/mol. The summed E-state index contributed by atoms with van der Waals surface area (Å²) in [4.78, 5) is 3.97. The lowest BCUT2D eigenvalue weighted by atomic mass is 9.93. The Balaban J connectivity index is 2.25. The van der Waals surface area contributed by atoms with Crippen molar-refractivity contribution in [1.29, 1.82) is 10.5 Å². The maximum atomic E-state index is 8.88. The molecule has 1 aromatic rings. The van der Waals surface area contributed by atoms with E-state index in [-0.39, 0.29) is 17.0 Å². The van der Waals surface area contributed by atoms with Gasteiger partial charge in [0.2, 0.25) is 0 Å². The van der Waals surface area contributed by atoms with Gasteiger partial charge in [-0.1, -0.05) is 0 Å². The molecule has 0 atom stereocenters. The first-order valence-electron chi connectivity index (χ1n) is 6.61. The number of nitrogens with two attached hydrogens (primary N) is 1. The van der Waals surface area contributed by atoms with E-state index in [4.69, 9.17) is 21.0 Å². The fourth-order valence-electron chi connectivity index (χ4n) is 2.11. The SMILES string of the molecule is CC1(C)CCc2cc(C=N/C(C#N)=C(\N)C#N)ccc2O1. The molecule has 0 amide bonds. The summed E-state index contributed by atoms with van der Waals surface area (Å²) in [6, 6.07) is 9.26. The van der Waals surface area contributed by atoms with Gasteiger partial charge < -0.3 is 10.5 Å². The highest BCUT2D eigenvalue weighted by Crippen LogP contribution is 2.33. The van der Waals surface area contributed by atoms with Crippen LogP contribution in [0.5, 0.6) is 5.75 Å². The Labute approximate surface area is 124 Å². The topological polar surface area (TPSA) is 95.2 Å². The number of aliphatic imine (C=N–C) groups is 1. The predicted octanol–water partition coefficient (Wildman–Crippen LogP) is 2.43. The monoisotopic (exact) mass is 280 g/mol. The van der Waals surface area contributed by atoms with E-state index in [1.807, 2.05) is 18.2 Å². The highest BCUT2D eigenvalue weighted by molar-refractivity contribution is 5.81. The summed E-state index contributed by atoms with van der Waals surface area (Å²) >= 11 is 0. The third-order valence-corrected chi connectivity index (χ3v) is 3.29. The molecule has 1 aromatic carbocycles. The summed E-state index contributed by atoms with van der Waals surface area (Å²) in [5.41, 5.74) is 6.96. The molecule has 0 unspecified atom stereocenters. The van der Waals surface area contributed by atoms with Gasteiger partial charge in [0.15, 0.2) is 5.70 Å². The fraction of sp³-hybridized carbons (Fsp3) is 0.312. The van der Waals surface area contributed by atoms with E-state index in [1.54, 1.807) is 12.1 Å². The lowest BCUT2D eigenvalue weighted by Gasteiger charge is -2.32. The van der Waals surface area contributed by atoms with Gasteiger partial charge in [0.1, 0.15) is 29.2 Å². The van der Waals surface area contributed by atoms with Crippen LogP contribution in [0.4, 0.5) is 0 Å². The first-order chi connectivity index (χ1) is 9.95. The Morgan fingerprint density at radius 2 is 2.14 bits per heavy atom. The summed E-state index contributed by atoms with van der Waals surface area (Å²) in [6.07, 6.45) is 3.42. The van der Waals surface area contributed by atoms with Crippen molar-refractivity contribution in [1.82, 2.24) is 0 Å². The maximum absolute atomic E-state index is 8.88. The van der Waals surface area contributed by atoms with Gasteiger partial charge >= 0.3 is 0 Å². The van der Waals surface area contributed by atoms with Gasteiger partial charge in [-0.05, 0) is 56.0 Å². The molecule has 0 aromatic heterocycles. The van der Waals surface area contributed by atoms with Crippen molar-refractivity contribution in [3.63, 3.8) is 0 Å². The maximum Gasteiger partial charge on any atom is 0.174 e. The number of rotatable bonds is 2. The van der Waals surface area contributed by atoms with E-state index in [1.165, 1.54) is 6.21 Å². The first kappa shape index (κ1) is 14.6. The van der Waals surface area contributed by atoms with Crippen LogP contribution in [0.2, 0.25) is 0 Å². The molecule has 0 saturated carbocycles. The van der Waals surface area contributed by atoms with Crippen LogP contribution in [0.1, 0.15) is 31.4 Å². The third kappa shape index (κ3) is 3.40. The van der Waals surface area contributed by atoms with Crippen LogP contribution in [0.3, 0.4) is 0 Å². The molecule has 2 rings (SSSR count). The quantitative estimate of drug-likeness (QED) is 0.664. The van der Waals surface area contributed by atoms with Crippen molar-refractivity contribution in [2.45, 2.75) is 32.3 Å². The van der Waals surface area contributed by atoms with E-state index < -0.39 is 0 Å². The van der Waals surface area contributed by atoms with Crippen LogP contribution in [0, 0.1) is 22.7 Å². The van der Waals surface area contributed by atoms with E-state index in [0.29, 0.717) is 0 Å². The molecule has 0 fully saturated rings. The largest absolute Gasteiger partial charge is 0.488 e.